The summed E-state index contributed by atoms with van der Waals surface area (Å²) in [5.41, 5.74) is 4.13. The molecular formula is C35H45F3N2O3S. The standard InChI is InChI=1S/C35H45F3N2O3S/c1-21(2)31-30(32(41)23-9-10-25(35(36,37)38)24(17-23)20-39)28(22-11-15-42-16-12-22)29-26(40-31)18-34(13-8-14-34)19-27(29)43-44(6,7)33(3,4)5/h9-11,17,21,27,32,41H,8,12-16,18-19H2,1-7H3. The van der Waals surface area contributed by atoms with Gasteiger partial charge in [-0.15, -0.1) is 10.3 Å². The van der Waals surface area contributed by atoms with Crippen LogP contribution in [-0.4, -0.2) is 40.6 Å². The number of nitrogens with zero attached hydrogens (tertiary/aromatic N) is 2. The smallest absolute Gasteiger partial charge is 0.384 e. The summed E-state index contributed by atoms with van der Waals surface area (Å²) in [6.07, 6.45) is 6.09. The Morgan fingerprint density at radius 3 is 2.41 bits per heavy atom. The Balaban J connectivity index is 1.78. The molecule has 5 rings (SSSR count). The van der Waals surface area contributed by atoms with Gasteiger partial charge in [-0.05, 0) is 84.8 Å². The third kappa shape index (κ3) is 6.08. The lowest BCUT2D eigenvalue weighted by Crippen LogP contribution is -2.40. The molecule has 2 aliphatic carbocycles. The van der Waals surface area contributed by atoms with Gasteiger partial charge in [0.1, 0.15) is 6.10 Å². The van der Waals surface area contributed by atoms with Gasteiger partial charge in [0, 0.05) is 27.3 Å². The largest absolute Gasteiger partial charge is 0.417 e. The van der Waals surface area contributed by atoms with Gasteiger partial charge in [0.05, 0.1) is 36.5 Å². The fraction of sp³-hybridized carbons (Fsp3) is 0.600. The highest BCUT2D eigenvalue weighted by molar-refractivity contribution is 8.29. The number of fused-ring (bicyclic) bond motifs is 1. The van der Waals surface area contributed by atoms with Gasteiger partial charge in [-0.1, -0.05) is 53.2 Å². The van der Waals surface area contributed by atoms with Crippen molar-refractivity contribution >= 4 is 15.9 Å². The molecule has 1 aliphatic heterocycles. The maximum Gasteiger partial charge on any atom is 0.417 e. The number of aliphatic hydroxyl groups excluding tert-OH is 1. The van der Waals surface area contributed by atoms with Crippen molar-refractivity contribution in [2.75, 3.05) is 25.7 Å². The summed E-state index contributed by atoms with van der Waals surface area (Å²) in [6.45, 7) is 11.7. The van der Waals surface area contributed by atoms with Crippen molar-refractivity contribution in [3.63, 3.8) is 0 Å². The number of nitriles is 1. The van der Waals surface area contributed by atoms with Crippen LogP contribution in [0.25, 0.3) is 5.57 Å². The van der Waals surface area contributed by atoms with Gasteiger partial charge in [-0.25, -0.2) is 0 Å². The monoisotopic (exact) mass is 630 g/mol. The summed E-state index contributed by atoms with van der Waals surface area (Å²) < 4.78 is 53.8. The number of benzene rings is 1. The second kappa shape index (κ2) is 11.8. The highest BCUT2D eigenvalue weighted by Gasteiger charge is 2.48. The summed E-state index contributed by atoms with van der Waals surface area (Å²) in [4.78, 5) is 5.30. The van der Waals surface area contributed by atoms with Gasteiger partial charge in [-0.3, -0.25) is 4.98 Å². The molecule has 3 aliphatic rings. The molecule has 0 amide bonds. The lowest BCUT2D eigenvalue weighted by Gasteiger charge is -2.52. The van der Waals surface area contributed by atoms with Crippen LogP contribution < -0.4 is 0 Å². The van der Waals surface area contributed by atoms with Crippen LogP contribution in [0.1, 0.15) is 130 Å². The van der Waals surface area contributed by atoms with Crippen molar-refractivity contribution < 1.29 is 27.2 Å². The number of aromatic nitrogens is 1. The van der Waals surface area contributed by atoms with E-state index in [0.717, 1.165) is 59.8 Å². The number of rotatable bonds is 6. The zero-order valence-electron chi connectivity index (χ0n) is 26.9. The minimum absolute atomic E-state index is 0.0655. The van der Waals surface area contributed by atoms with E-state index in [-0.39, 0.29) is 27.7 Å². The predicted molar refractivity (Wildman–Crippen MR) is 170 cm³/mol. The van der Waals surface area contributed by atoms with Crippen LogP contribution in [0.2, 0.25) is 0 Å². The SMILES string of the molecule is CC(C)c1nc2c(c(C3=CCOCC3)c1C(O)c1ccc(C(F)(F)F)c(C#N)c1)C(OS(C)(C)C(C)(C)C)CC1(CCC1)C2. The van der Waals surface area contributed by atoms with Gasteiger partial charge in [-0.2, -0.15) is 18.4 Å². The minimum Gasteiger partial charge on any atom is -0.384 e. The molecule has 240 valence electrons. The van der Waals surface area contributed by atoms with Crippen LogP contribution in [-0.2, 0) is 21.5 Å². The molecule has 1 fully saturated rings. The molecular weight excluding hydrogens is 585 g/mol. The predicted octanol–water partition coefficient (Wildman–Crippen LogP) is 8.93. The molecule has 0 saturated heterocycles. The number of aliphatic hydroxyl groups is 1. The zero-order chi connectivity index (χ0) is 32.2. The van der Waals surface area contributed by atoms with E-state index in [9.17, 15) is 23.5 Å². The second-order valence-electron chi connectivity index (χ2n) is 14.3. The van der Waals surface area contributed by atoms with Crippen LogP contribution in [0.5, 0.6) is 0 Å². The Bertz CT molecular complexity index is 1500. The first-order valence-corrected chi connectivity index (χ1v) is 17.9. The van der Waals surface area contributed by atoms with Crippen molar-refractivity contribution in [1.29, 1.82) is 5.26 Å². The summed E-state index contributed by atoms with van der Waals surface area (Å²) in [5.74, 6) is -0.0655. The molecule has 2 aromatic rings. The Kier molecular flexibility index (Phi) is 8.82. The fourth-order valence-corrected chi connectivity index (χ4v) is 7.75. The molecule has 1 saturated carbocycles. The van der Waals surface area contributed by atoms with E-state index in [1.54, 1.807) is 6.07 Å². The second-order valence-corrected chi connectivity index (χ2v) is 18.2. The third-order valence-corrected chi connectivity index (χ3v) is 13.7. The topological polar surface area (TPSA) is 75.4 Å². The summed E-state index contributed by atoms with van der Waals surface area (Å²) in [5, 5.41) is 21.8. The van der Waals surface area contributed by atoms with E-state index in [2.05, 4.69) is 39.4 Å². The molecule has 9 heteroatoms. The first kappa shape index (κ1) is 33.0. The molecule has 5 nitrogen and oxygen atoms in total. The molecule has 1 N–H and O–H groups in total. The first-order valence-electron chi connectivity index (χ1n) is 15.5. The van der Waals surface area contributed by atoms with Gasteiger partial charge in [0.15, 0.2) is 0 Å². The molecule has 0 radical (unpaired) electrons. The molecule has 2 unspecified atom stereocenters. The van der Waals surface area contributed by atoms with Crippen LogP contribution in [0.4, 0.5) is 13.2 Å². The van der Waals surface area contributed by atoms with Crippen LogP contribution in [0, 0.1) is 16.7 Å². The molecule has 2 heterocycles. The van der Waals surface area contributed by atoms with Crippen LogP contribution in [0.3, 0.4) is 0 Å². The number of hydrogen-bond acceptors (Lipinski definition) is 5. The Labute approximate surface area is 261 Å². The number of ether oxygens (including phenoxy) is 1. The van der Waals surface area contributed by atoms with E-state index in [1.165, 1.54) is 18.6 Å². The van der Waals surface area contributed by atoms with E-state index in [4.69, 9.17) is 13.9 Å². The van der Waals surface area contributed by atoms with Gasteiger partial charge < -0.3 is 14.0 Å². The van der Waals surface area contributed by atoms with Gasteiger partial charge >= 0.3 is 6.18 Å². The van der Waals surface area contributed by atoms with E-state index in [1.807, 2.05) is 13.8 Å². The Morgan fingerprint density at radius 2 is 1.89 bits per heavy atom. The molecule has 1 aromatic heterocycles. The average molecular weight is 631 g/mol. The Hall–Kier alpha value is -2.38. The number of alkyl halides is 3. The first-order chi connectivity index (χ1) is 20.5. The van der Waals surface area contributed by atoms with E-state index < -0.39 is 33.7 Å². The van der Waals surface area contributed by atoms with Crippen molar-refractivity contribution in [1.82, 2.24) is 4.98 Å². The molecule has 0 bridgehead atoms. The number of hydrogen-bond donors (Lipinski definition) is 1. The lowest BCUT2D eigenvalue weighted by molar-refractivity contribution is -0.137. The van der Waals surface area contributed by atoms with Crippen molar-refractivity contribution in [2.24, 2.45) is 5.41 Å². The Morgan fingerprint density at radius 1 is 1.18 bits per heavy atom. The summed E-state index contributed by atoms with van der Waals surface area (Å²) in [7, 11) is -1.54. The van der Waals surface area contributed by atoms with Crippen molar-refractivity contribution in [3.8, 4) is 6.07 Å². The third-order valence-electron chi connectivity index (χ3n) is 10.00. The van der Waals surface area contributed by atoms with E-state index >= 15 is 0 Å². The number of pyridine rings is 1. The van der Waals surface area contributed by atoms with E-state index in [0.29, 0.717) is 25.2 Å². The quantitative estimate of drug-likeness (QED) is 0.345. The molecule has 2 atom stereocenters. The highest BCUT2D eigenvalue weighted by Crippen LogP contribution is 2.63. The van der Waals surface area contributed by atoms with Crippen LogP contribution in [0.15, 0.2) is 24.3 Å². The van der Waals surface area contributed by atoms with Gasteiger partial charge in [0.2, 0.25) is 0 Å². The summed E-state index contributed by atoms with van der Waals surface area (Å²) >= 11 is 0. The van der Waals surface area contributed by atoms with Crippen LogP contribution >= 0.6 is 10.3 Å². The zero-order valence-corrected chi connectivity index (χ0v) is 27.7. The van der Waals surface area contributed by atoms with Crippen molar-refractivity contribution in [3.05, 3.63) is 69.0 Å². The minimum atomic E-state index is -4.67. The summed E-state index contributed by atoms with van der Waals surface area (Å²) in [6, 6.07) is 5.04. The molecule has 1 aromatic carbocycles. The molecule has 1 spiro atoms. The fourth-order valence-electron chi connectivity index (χ4n) is 6.72. The highest BCUT2D eigenvalue weighted by atomic mass is 32.3. The normalized spacial score (nSPS) is 21.3. The maximum atomic E-state index is 13.7. The average Bonchev–Trinajstić information content (AvgIpc) is 2.93. The maximum absolute atomic E-state index is 13.7. The van der Waals surface area contributed by atoms with Gasteiger partial charge in [0.25, 0.3) is 0 Å². The van der Waals surface area contributed by atoms with Crippen molar-refractivity contribution in [2.45, 2.75) is 102 Å². The lowest BCUT2D eigenvalue weighted by atomic mass is 9.59. The number of halogens is 3. The molecule has 44 heavy (non-hydrogen) atoms.